The van der Waals surface area contributed by atoms with Crippen LogP contribution in [0.15, 0.2) is 30.3 Å². The third-order valence-electron chi connectivity index (χ3n) is 1.80. The van der Waals surface area contributed by atoms with Gasteiger partial charge in [-0.2, -0.15) is 0 Å². The van der Waals surface area contributed by atoms with Crippen molar-refractivity contribution >= 4 is 15.9 Å². The van der Waals surface area contributed by atoms with Crippen molar-refractivity contribution in [1.29, 1.82) is 0 Å². The highest BCUT2D eigenvalue weighted by Crippen LogP contribution is 2.05. The fraction of sp³-hybridized carbons (Fsp3) is 0.222. The minimum atomic E-state index is -3.47. The first-order valence-corrected chi connectivity index (χ1v) is 5.81. The van der Waals surface area contributed by atoms with E-state index in [2.05, 4.69) is 0 Å². The summed E-state index contributed by atoms with van der Waals surface area (Å²) in [6.07, 6.45) is 0.994. The van der Waals surface area contributed by atoms with Gasteiger partial charge in [0.2, 0.25) is 10.0 Å². The Hall–Kier alpha value is -1.36. The standard InChI is InChI=1S/C9H11NO3S/c1-10(14(2,12)13)9(11)8-6-4-3-5-7-8/h3-7H,1-2H3. The number of nitrogens with zero attached hydrogens (tertiary/aromatic N) is 1. The van der Waals surface area contributed by atoms with Crippen LogP contribution < -0.4 is 0 Å². The van der Waals surface area contributed by atoms with Gasteiger partial charge in [-0.25, -0.2) is 12.7 Å². The number of hydrogen-bond acceptors (Lipinski definition) is 3. The third-order valence-corrected chi connectivity index (χ3v) is 2.96. The Bertz CT molecular complexity index is 425. The molecule has 0 heterocycles. The van der Waals surface area contributed by atoms with Crippen LogP contribution in [0.25, 0.3) is 0 Å². The van der Waals surface area contributed by atoms with Crippen molar-refractivity contribution in [3.63, 3.8) is 0 Å². The van der Waals surface area contributed by atoms with E-state index in [9.17, 15) is 13.2 Å². The first-order valence-electron chi connectivity index (χ1n) is 3.96. The zero-order valence-electron chi connectivity index (χ0n) is 7.97. The van der Waals surface area contributed by atoms with Crippen molar-refractivity contribution in [1.82, 2.24) is 4.31 Å². The number of rotatable bonds is 2. The number of sulfonamides is 1. The Morgan fingerprint density at radius 3 is 2.14 bits per heavy atom. The Labute approximate surface area is 83.2 Å². The van der Waals surface area contributed by atoms with E-state index >= 15 is 0 Å². The summed E-state index contributed by atoms with van der Waals surface area (Å²) in [5, 5.41) is 0. The number of hydrogen-bond donors (Lipinski definition) is 0. The molecule has 1 amide bonds. The molecule has 0 aliphatic rings. The predicted octanol–water partition coefficient (Wildman–Crippen LogP) is 0.718. The summed E-state index contributed by atoms with van der Waals surface area (Å²) in [5.74, 6) is -0.520. The number of carbonyl (C=O) groups excluding carboxylic acids is 1. The smallest absolute Gasteiger partial charge is 0.267 e. The summed E-state index contributed by atoms with van der Waals surface area (Å²) in [4.78, 5) is 11.5. The molecule has 0 bridgehead atoms. The topological polar surface area (TPSA) is 54.5 Å². The summed E-state index contributed by atoms with van der Waals surface area (Å²) < 4.78 is 22.8. The van der Waals surface area contributed by atoms with Crippen molar-refractivity contribution in [2.45, 2.75) is 0 Å². The maximum atomic E-state index is 11.5. The predicted molar refractivity (Wildman–Crippen MR) is 53.4 cm³/mol. The minimum Gasteiger partial charge on any atom is -0.268 e. The van der Waals surface area contributed by atoms with Crippen molar-refractivity contribution in [2.75, 3.05) is 13.3 Å². The molecule has 0 spiro atoms. The summed E-state index contributed by atoms with van der Waals surface area (Å²) in [5.41, 5.74) is 0.362. The third kappa shape index (κ3) is 2.32. The normalized spacial score (nSPS) is 11.0. The zero-order chi connectivity index (χ0) is 10.8. The van der Waals surface area contributed by atoms with Crippen molar-refractivity contribution in [3.8, 4) is 0 Å². The van der Waals surface area contributed by atoms with Crippen LogP contribution >= 0.6 is 0 Å². The average molecular weight is 213 g/mol. The molecule has 1 rings (SSSR count). The molecule has 0 aliphatic heterocycles. The summed E-state index contributed by atoms with van der Waals surface area (Å²) in [6.45, 7) is 0. The molecule has 5 heteroatoms. The lowest BCUT2D eigenvalue weighted by Crippen LogP contribution is -2.32. The van der Waals surface area contributed by atoms with E-state index in [4.69, 9.17) is 0 Å². The van der Waals surface area contributed by atoms with Crippen LogP contribution in [0.1, 0.15) is 10.4 Å². The lowest BCUT2D eigenvalue weighted by Gasteiger charge is -2.13. The van der Waals surface area contributed by atoms with Crippen molar-refractivity contribution < 1.29 is 13.2 Å². The highest BCUT2D eigenvalue weighted by atomic mass is 32.2. The summed E-state index contributed by atoms with van der Waals surface area (Å²) in [6, 6.07) is 8.28. The molecule has 0 saturated carbocycles. The Balaban J connectivity index is 2.99. The minimum absolute atomic E-state index is 0.362. The summed E-state index contributed by atoms with van der Waals surface area (Å²) >= 11 is 0. The monoisotopic (exact) mass is 213 g/mol. The van der Waals surface area contributed by atoms with Crippen LogP contribution in [0.3, 0.4) is 0 Å². The molecule has 14 heavy (non-hydrogen) atoms. The van der Waals surface area contributed by atoms with Gasteiger partial charge in [0.1, 0.15) is 0 Å². The largest absolute Gasteiger partial charge is 0.268 e. The quantitative estimate of drug-likeness (QED) is 0.727. The Morgan fingerprint density at radius 1 is 1.21 bits per heavy atom. The molecule has 0 atom stereocenters. The van der Waals surface area contributed by atoms with E-state index in [1.807, 2.05) is 0 Å². The molecule has 1 aromatic carbocycles. The van der Waals surface area contributed by atoms with Gasteiger partial charge >= 0.3 is 0 Å². The lowest BCUT2D eigenvalue weighted by molar-refractivity contribution is 0.0884. The van der Waals surface area contributed by atoms with Crippen LogP contribution in [0.4, 0.5) is 0 Å². The average Bonchev–Trinajstić information content (AvgIpc) is 2.15. The van der Waals surface area contributed by atoms with Crippen LogP contribution in [0.5, 0.6) is 0 Å². The first-order chi connectivity index (χ1) is 6.43. The fourth-order valence-electron chi connectivity index (χ4n) is 0.913. The Kier molecular flexibility index (Phi) is 2.90. The second kappa shape index (κ2) is 3.79. The molecule has 4 nitrogen and oxygen atoms in total. The zero-order valence-corrected chi connectivity index (χ0v) is 8.78. The van der Waals surface area contributed by atoms with Crippen LogP contribution in [0.2, 0.25) is 0 Å². The molecule has 0 aliphatic carbocycles. The van der Waals surface area contributed by atoms with Crippen molar-refractivity contribution in [2.24, 2.45) is 0 Å². The summed E-state index contributed by atoms with van der Waals surface area (Å²) in [7, 11) is -2.23. The van der Waals surface area contributed by atoms with Gasteiger partial charge in [0.15, 0.2) is 0 Å². The van der Waals surface area contributed by atoms with Crippen LogP contribution in [0, 0.1) is 0 Å². The second-order valence-electron chi connectivity index (χ2n) is 2.90. The first kappa shape index (κ1) is 10.7. The molecule has 0 N–H and O–H groups in total. The van der Waals surface area contributed by atoms with Crippen LogP contribution in [-0.2, 0) is 10.0 Å². The van der Waals surface area contributed by atoms with Gasteiger partial charge in [0.05, 0.1) is 6.26 Å². The molecular formula is C9H11NO3S. The van der Waals surface area contributed by atoms with Gasteiger partial charge in [-0.1, -0.05) is 18.2 Å². The molecular weight excluding hydrogens is 202 g/mol. The van der Waals surface area contributed by atoms with E-state index in [1.165, 1.54) is 7.05 Å². The molecule has 0 unspecified atom stereocenters. The molecule has 0 saturated heterocycles. The Morgan fingerprint density at radius 2 is 1.71 bits per heavy atom. The van der Waals surface area contributed by atoms with E-state index in [1.54, 1.807) is 30.3 Å². The highest BCUT2D eigenvalue weighted by Gasteiger charge is 2.18. The maximum absolute atomic E-state index is 11.5. The van der Waals surface area contributed by atoms with Gasteiger partial charge in [-0.15, -0.1) is 0 Å². The molecule has 0 fully saturated rings. The molecule has 76 valence electrons. The van der Waals surface area contributed by atoms with Gasteiger partial charge in [0, 0.05) is 12.6 Å². The van der Waals surface area contributed by atoms with Crippen LogP contribution in [-0.4, -0.2) is 31.9 Å². The number of benzene rings is 1. The van der Waals surface area contributed by atoms with Gasteiger partial charge < -0.3 is 0 Å². The van der Waals surface area contributed by atoms with E-state index in [0.717, 1.165) is 10.6 Å². The van der Waals surface area contributed by atoms with Gasteiger partial charge in [-0.3, -0.25) is 4.79 Å². The van der Waals surface area contributed by atoms with Gasteiger partial charge in [0.25, 0.3) is 5.91 Å². The fourth-order valence-corrected chi connectivity index (χ4v) is 1.32. The maximum Gasteiger partial charge on any atom is 0.267 e. The molecule has 0 radical (unpaired) electrons. The number of amides is 1. The molecule has 1 aromatic rings. The second-order valence-corrected chi connectivity index (χ2v) is 4.92. The van der Waals surface area contributed by atoms with Gasteiger partial charge in [-0.05, 0) is 12.1 Å². The lowest BCUT2D eigenvalue weighted by atomic mass is 10.2. The highest BCUT2D eigenvalue weighted by molar-refractivity contribution is 7.88. The van der Waals surface area contributed by atoms with E-state index < -0.39 is 15.9 Å². The number of carbonyl (C=O) groups is 1. The van der Waals surface area contributed by atoms with E-state index in [-0.39, 0.29) is 0 Å². The molecule has 0 aromatic heterocycles. The SMILES string of the molecule is CN(C(=O)c1ccccc1)S(C)(=O)=O. The van der Waals surface area contributed by atoms with Crippen molar-refractivity contribution in [3.05, 3.63) is 35.9 Å². The van der Waals surface area contributed by atoms with E-state index in [0.29, 0.717) is 5.56 Å².